The number of nitrogens with zero attached hydrogens (tertiary/aromatic N) is 9. The van der Waals surface area contributed by atoms with E-state index in [4.69, 9.17) is 41.5 Å². The number of nitrogens with one attached hydrogen (secondary N) is 3. The first-order valence-corrected chi connectivity index (χ1v) is 28.2. The van der Waals surface area contributed by atoms with Crippen LogP contribution in [-0.4, -0.2) is 141 Å². The molecule has 9 rings (SSSR count). The number of nitriles is 1. The first-order valence-electron chi connectivity index (χ1n) is 25.5. The zero-order chi connectivity index (χ0) is 55.6. The van der Waals surface area contributed by atoms with Crippen LogP contribution in [0, 0.1) is 17.1 Å². The van der Waals surface area contributed by atoms with E-state index in [0.29, 0.717) is 73.4 Å². The van der Waals surface area contributed by atoms with E-state index in [1.807, 2.05) is 30.3 Å². The molecule has 0 spiro atoms. The average molecular weight is 1190 g/mol. The fraction of sp³-hybridized carbons (Fsp3) is 0.352. The summed E-state index contributed by atoms with van der Waals surface area (Å²) < 4.78 is 75.5. The molecule has 0 aliphatic carbocycles. The molecule has 2 atom stereocenters. The number of hydrogen-bond acceptors (Lipinski definition) is 17. The fourth-order valence-electron chi connectivity index (χ4n) is 9.96. The zero-order valence-corrected chi connectivity index (χ0v) is 46.0. The Morgan fingerprint density at radius 1 is 0.924 bits per heavy atom. The van der Waals surface area contributed by atoms with Gasteiger partial charge in [-0.2, -0.15) is 20.2 Å². The monoisotopic (exact) mass is 1180 g/mol. The van der Waals surface area contributed by atoms with Gasteiger partial charge in [0, 0.05) is 73.8 Å². The van der Waals surface area contributed by atoms with E-state index in [9.17, 15) is 32.0 Å². The number of carbonyl (C=O) groups is 2. The first-order chi connectivity index (χ1) is 38.2. The van der Waals surface area contributed by atoms with E-state index in [-0.39, 0.29) is 79.2 Å². The van der Waals surface area contributed by atoms with Crippen LogP contribution in [0.1, 0.15) is 40.9 Å². The maximum atomic E-state index is 14.3. The van der Waals surface area contributed by atoms with Gasteiger partial charge in [0.1, 0.15) is 24.1 Å². The predicted octanol–water partition coefficient (Wildman–Crippen LogP) is 7.39. The van der Waals surface area contributed by atoms with Crippen LogP contribution in [-0.2, 0) is 37.3 Å². The van der Waals surface area contributed by atoms with Gasteiger partial charge in [-0.3, -0.25) is 14.5 Å². The fourth-order valence-corrected chi connectivity index (χ4v) is 11.5. The molecule has 414 valence electrons. The van der Waals surface area contributed by atoms with Gasteiger partial charge in [0.2, 0.25) is 16.0 Å². The molecule has 0 saturated carbocycles. The van der Waals surface area contributed by atoms with Gasteiger partial charge in [-0.05, 0) is 95.7 Å². The Morgan fingerprint density at radius 2 is 1.70 bits per heavy atom. The highest BCUT2D eigenvalue weighted by Gasteiger charge is 2.35. The van der Waals surface area contributed by atoms with E-state index >= 15 is 0 Å². The van der Waals surface area contributed by atoms with Gasteiger partial charge in [-0.1, -0.05) is 48.5 Å². The molecular weight excluding hydrogens is 1130 g/mol. The van der Waals surface area contributed by atoms with E-state index in [2.05, 4.69) is 74.7 Å². The number of rotatable bonds is 23. The first kappa shape index (κ1) is 56.6. The molecule has 5 heterocycles. The number of sulfonamides is 1. The summed E-state index contributed by atoms with van der Waals surface area (Å²) in [6, 6.07) is 23.8. The normalized spacial score (nSPS) is 16.6. The molecule has 79 heavy (non-hydrogen) atoms. The summed E-state index contributed by atoms with van der Waals surface area (Å²) >= 11 is 10.1. The van der Waals surface area contributed by atoms with E-state index in [0.717, 1.165) is 53.2 Å². The second-order valence-corrected chi connectivity index (χ2v) is 21.9. The molecule has 5 N–H and O–H groups in total. The molecule has 2 aromatic heterocycles. The molecular formula is C54H57BrClF2N13O7S. The van der Waals surface area contributed by atoms with Crippen LogP contribution in [0.4, 0.5) is 43.4 Å². The van der Waals surface area contributed by atoms with E-state index in [1.54, 1.807) is 12.1 Å². The molecule has 3 aliphatic rings. The van der Waals surface area contributed by atoms with Crippen molar-refractivity contribution < 1.29 is 41.0 Å². The van der Waals surface area contributed by atoms with Crippen molar-refractivity contribution in [3.63, 3.8) is 0 Å². The Bertz CT molecular complexity index is 3380. The molecule has 25 heteroatoms. The number of fused-ring (bicyclic) bond motifs is 2. The molecule has 20 nitrogen and oxygen atoms in total. The van der Waals surface area contributed by atoms with Crippen LogP contribution < -0.4 is 35.6 Å². The van der Waals surface area contributed by atoms with E-state index < -0.39 is 39.5 Å². The standard InChI is InChI=1S/C54H57BrClF2N13O7S/c1-34(57)52(73)71-24-23-70(31-37(71)17-19-59)51-40-18-22-69(46-12-3-7-35-6-2-9-42(56)47(35)46)32-45(40)65-54(67-51)78-33-38-8-5-21-68(38)25-27-77-29-28-76-26-20-62-79(74,75)39-15-13-36(14-16-39)63-53-61-30-41(55)50(66-53)64-44-11-4-10-43(58)48(44)49(60)72/h2-4,6-7,9-16,30,37-38,62H,1,5,8,17-18,20-29,31-33H2,(H2,60,72)(H2,61,63,64,66)/t37-,38-/m0/s1. The summed E-state index contributed by atoms with van der Waals surface area (Å²) in [4.78, 5) is 51.3. The van der Waals surface area contributed by atoms with Crippen molar-refractivity contribution in [3.05, 3.63) is 130 Å². The predicted molar refractivity (Wildman–Crippen MR) is 299 cm³/mol. The number of aromatic nitrogens is 4. The van der Waals surface area contributed by atoms with Crippen LogP contribution >= 0.6 is 27.5 Å². The lowest BCUT2D eigenvalue weighted by Crippen LogP contribution is -2.55. The quantitative estimate of drug-likeness (QED) is 0.0361. The number of nitrogens with two attached hydrogens (primary N) is 1. The van der Waals surface area contributed by atoms with Crippen LogP contribution in [0.5, 0.6) is 6.01 Å². The maximum Gasteiger partial charge on any atom is 0.318 e. The molecule has 6 aromatic rings. The number of likely N-dealkylation sites (tertiary alicyclic amines) is 1. The molecule has 0 radical (unpaired) electrons. The van der Waals surface area contributed by atoms with E-state index in [1.165, 1.54) is 35.4 Å². The maximum absolute atomic E-state index is 14.3. The third-order valence-corrected chi connectivity index (χ3v) is 16.2. The Labute approximate surface area is 469 Å². The molecule has 4 aromatic carbocycles. The number of ether oxygens (including phenoxy) is 3. The highest BCUT2D eigenvalue weighted by Crippen LogP contribution is 2.38. The van der Waals surface area contributed by atoms with Gasteiger partial charge in [0.25, 0.3) is 11.8 Å². The number of primary amides is 1. The molecule has 2 saturated heterocycles. The Hall–Kier alpha value is -7.11. The van der Waals surface area contributed by atoms with Gasteiger partial charge in [0.15, 0.2) is 5.83 Å². The summed E-state index contributed by atoms with van der Waals surface area (Å²) in [6.07, 6.45) is 3.96. The van der Waals surface area contributed by atoms with Gasteiger partial charge >= 0.3 is 6.01 Å². The van der Waals surface area contributed by atoms with Crippen molar-refractivity contribution in [1.29, 1.82) is 5.26 Å². The minimum absolute atomic E-state index is 0.0139. The van der Waals surface area contributed by atoms with Gasteiger partial charge in [-0.15, -0.1) is 0 Å². The topological polar surface area (TPSA) is 246 Å². The van der Waals surface area contributed by atoms with Crippen molar-refractivity contribution in [1.82, 2.24) is 34.5 Å². The zero-order valence-electron chi connectivity index (χ0n) is 42.8. The summed E-state index contributed by atoms with van der Waals surface area (Å²) in [7, 11) is -3.86. The lowest BCUT2D eigenvalue weighted by Gasteiger charge is -2.42. The SMILES string of the molecule is C=C(F)C(=O)N1CCN(c2nc(OC[C@@H]3CCCN3CCOCCOCCNS(=O)(=O)c3ccc(Nc4ncc(Br)c(Nc5cccc(F)c5C(N)=O)n4)cc3)nc3c2CCN(c2cccc4cccc(Cl)c24)C3)C[C@@H]1CC#N. The van der Waals surface area contributed by atoms with Gasteiger partial charge in [0.05, 0.1) is 82.8 Å². The minimum Gasteiger partial charge on any atom is -0.462 e. The number of amides is 2. The lowest BCUT2D eigenvalue weighted by molar-refractivity contribution is -0.131. The highest BCUT2D eigenvalue weighted by atomic mass is 79.9. The number of hydrogen-bond donors (Lipinski definition) is 4. The summed E-state index contributed by atoms with van der Waals surface area (Å²) in [5, 5.41) is 18.2. The van der Waals surface area contributed by atoms with Gasteiger partial charge < -0.3 is 45.3 Å². The molecule has 0 unspecified atom stereocenters. The second kappa shape index (κ2) is 25.8. The smallest absolute Gasteiger partial charge is 0.318 e. The van der Waals surface area contributed by atoms with Crippen LogP contribution in [0.25, 0.3) is 10.8 Å². The van der Waals surface area contributed by atoms with Crippen LogP contribution in [0.3, 0.4) is 0 Å². The number of benzene rings is 4. The van der Waals surface area contributed by atoms with Gasteiger partial charge in [-0.25, -0.2) is 26.9 Å². The van der Waals surface area contributed by atoms with Crippen molar-refractivity contribution in [2.45, 2.75) is 49.2 Å². The number of carbonyl (C=O) groups excluding carboxylic acids is 2. The average Bonchev–Trinajstić information content (AvgIpc) is 4.02. The minimum atomic E-state index is -3.86. The summed E-state index contributed by atoms with van der Waals surface area (Å²) in [5.41, 5.74) is 8.41. The van der Waals surface area contributed by atoms with Crippen molar-refractivity contribution in [2.75, 3.05) is 99.3 Å². The molecule has 2 amide bonds. The number of anilines is 6. The summed E-state index contributed by atoms with van der Waals surface area (Å²) in [5.74, 6) is -2.58. The van der Waals surface area contributed by atoms with Crippen molar-refractivity contribution in [2.24, 2.45) is 5.73 Å². The van der Waals surface area contributed by atoms with Crippen molar-refractivity contribution >= 4 is 94.8 Å². The largest absolute Gasteiger partial charge is 0.462 e. The number of halogens is 4. The Morgan fingerprint density at radius 3 is 2.47 bits per heavy atom. The Balaban J connectivity index is 0.738. The third kappa shape index (κ3) is 13.7. The number of piperazine rings is 1. The summed E-state index contributed by atoms with van der Waals surface area (Å²) in [6.45, 7) is 8.17. The van der Waals surface area contributed by atoms with Crippen LogP contribution in [0.2, 0.25) is 5.02 Å². The van der Waals surface area contributed by atoms with Crippen LogP contribution in [0.15, 0.2) is 107 Å². The molecule has 2 fully saturated rings. The second-order valence-electron chi connectivity index (χ2n) is 18.9. The third-order valence-electron chi connectivity index (χ3n) is 13.8. The van der Waals surface area contributed by atoms with Crippen molar-refractivity contribution in [3.8, 4) is 12.1 Å². The molecule has 0 bridgehead atoms. The lowest BCUT2D eigenvalue weighted by atomic mass is 10.0. The highest BCUT2D eigenvalue weighted by molar-refractivity contribution is 9.10. The Kier molecular flexibility index (Phi) is 18.5. The molecule has 3 aliphatic heterocycles.